The molecule has 3 atom stereocenters. The van der Waals surface area contributed by atoms with Crippen LogP contribution in [0.25, 0.3) is 16.8 Å². The van der Waals surface area contributed by atoms with Gasteiger partial charge in [0.1, 0.15) is 12.1 Å². The summed E-state index contributed by atoms with van der Waals surface area (Å²) in [6.07, 6.45) is 5.03. The van der Waals surface area contributed by atoms with Gasteiger partial charge in [-0.25, -0.2) is 9.50 Å². The molecular formula is C27H24F2N6O2. The van der Waals surface area contributed by atoms with Crippen molar-refractivity contribution in [3.63, 3.8) is 0 Å². The summed E-state index contributed by atoms with van der Waals surface area (Å²) in [6.45, 7) is -3.95. The minimum Gasteiger partial charge on any atom is -0.434 e. The molecule has 0 unspecified atom stereocenters. The zero-order valence-corrected chi connectivity index (χ0v) is 19.8. The Morgan fingerprint density at radius 2 is 2.14 bits per heavy atom. The molecule has 37 heavy (non-hydrogen) atoms. The lowest BCUT2D eigenvalue weighted by Gasteiger charge is -2.23. The van der Waals surface area contributed by atoms with E-state index in [0.717, 1.165) is 34.6 Å². The number of nitrogens with zero attached hydrogens (tertiary/aromatic N) is 5. The number of benzene rings is 1. The van der Waals surface area contributed by atoms with E-state index in [4.69, 9.17) is 14.6 Å². The van der Waals surface area contributed by atoms with Gasteiger partial charge < -0.3 is 15.4 Å². The number of hydrogen-bond donors (Lipinski definition) is 1. The molecule has 10 heteroatoms. The fourth-order valence-corrected chi connectivity index (χ4v) is 6.13. The van der Waals surface area contributed by atoms with Crippen molar-refractivity contribution in [3.8, 4) is 17.0 Å². The standard InChI is InChI=1S/C27H24F2N6O2/c1-27(30)7-6-13-8-14(11-31-24(13)27)17-10-18-22-16-9-19(23(22)33-35(18)12-32-17)34(2)25(36)15-4-3-5-20(21(15)16)37-26(28)29/h3-5,8,10-12,16,19,26H,6-7,9,30H2,1-2H3/t16-,19-,27-/m1/s1/i2D3. The van der Waals surface area contributed by atoms with Gasteiger partial charge in [0, 0.05) is 45.5 Å². The van der Waals surface area contributed by atoms with Crippen LogP contribution in [0.5, 0.6) is 5.75 Å². The number of ether oxygens (including phenoxy) is 1. The number of amides is 1. The van der Waals surface area contributed by atoms with Crippen LogP contribution in [0.4, 0.5) is 8.78 Å². The molecule has 7 rings (SSSR count). The molecule has 0 saturated carbocycles. The molecule has 0 radical (unpaired) electrons. The first-order valence-corrected chi connectivity index (χ1v) is 12.0. The zero-order valence-electron chi connectivity index (χ0n) is 22.8. The molecule has 2 bridgehead atoms. The molecule has 0 spiro atoms. The van der Waals surface area contributed by atoms with E-state index in [1.165, 1.54) is 29.0 Å². The SMILES string of the molecule is [2H]C([2H])([2H])N1C(=O)c2cccc(OC(F)F)c2[C@H]2C[C@@H]1c1nn3cnc(-c4cnc5c(c4)CC[C@@]5(C)N)cc3c12. The molecule has 2 aliphatic carbocycles. The van der Waals surface area contributed by atoms with Gasteiger partial charge in [0.05, 0.1) is 34.2 Å². The van der Waals surface area contributed by atoms with Crippen LogP contribution in [-0.4, -0.2) is 44.0 Å². The highest BCUT2D eigenvalue weighted by molar-refractivity contribution is 5.98. The zero-order chi connectivity index (χ0) is 28.1. The van der Waals surface area contributed by atoms with Crippen LogP contribution in [0.15, 0.2) is 42.9 Å². The van der Waals surface area contributed by atoms with Gasteiger partial charge in [0.25, 0.3) is 5.91 Å². The maximum atomic E-state index is 13.6. The largest absolute Gasteiger partial charge is 0.434 e. The molecule has 188 valence electrons. The van der Waals surface area contributed by atoms with Crippen molar-refractivity contribution in [2.75, 3.05) is 6.98 Å². The molecule has 1 amide bonds. The average molecular weight is 506 g/mol. The summed E-state index contributed by atoms with van der Waals surface area (Å²) in [5, 5.41) is 4.64. The Balaban J connectivity index is 1.43. The highest BCUT2D eigenvalue weighted by Gasteiger charge is 2.46. The van der Waals surface area contributed by atoms with E-state index in [1.807, 2.05) is 19.1 Å². The van der Waals surface area contributed by atoms with Crippen LogP contribution in [0.3, 0.4) is 0 Å². The lowest BCUT2D eigenvalue weighted by molar-refractivity contribution is -0.0505. The molecule has 3 aromatic heterocycles. The fraction of sp³-hybridized carbons (Fsp3) is 0.333. The number of aromatic nitrogens is 4. The first-order valence-electron chi connectivity index (χ1n) is 13.5. The van der Waals surface area contributed by atoms with E-state index in [-0.39, 0.29) is 23.3 Å². The van der Waals surface area contributed by atoms with Gasteiger partial charge >= 0.3 is 6.61 Å². The van der Waals surface area contributed by atoms with Gasteiger partial charge in [-0.3, -0.25) is 9.78 Å². The first kappa shape index (κ1) is 19.2. The Labute approximate surface area is 215 Å². The number of carbonyl (C=O) groups excluding carboxylic acids is 1. The number of hydrogen-bond acceptors (Lipinski definition) is 6. The Kier molecular flexibility index (Phi) is 3.92. The normalized spacial score (nSPS) is 25.4. The maximum Gasteiger partial charge on any atom is 0.387 e. The molecule has 2 N–H and O–H groups in total. The van der Waals surface area contributed by atoms with Crippen LogP contribution < -0.4 is 10.5 Å². The first-order chi connectivity index (χ1) is 18.9. The number of halogens is 2. The van der Waals surface area contributed by atoms with Crippen molar-refractivity contribution in [2.24, 2.45) is 5.73 Å². The van der Waals surface area contributed by atoms with E-state index in [1.54, 1.807) is 6.20 Å². The van der Waals surface area contributed by atoms with E-state index in [9.17, 15) is 13.6 Å². The topological polar surface area (TPSA) is 98.6 Å². The second kappa shape index (κ2) is 7.55. The Hall–Kier alpha value is -3.92. The third-order valence-corrected chi connectivity index (χ3v) is 7.83. The Bertz CT molecular complexity index is 1720. The van der Waals surface area contributed by atoms with Crippen LogP contribution in [0.2, 0.25) is 0 Å². The fourth-order valence-electron chi connectivity index (χ4n) is 6.13. The summed E-state index contributed by atoms with van der Waals surface area (Å²) < 4.78 is 57.7. The summed E-state index contributed by atoms with van der Waals surface area (Å²) >= 11 is 0. The van der Waals surface area contributed by atoms with Crippen LogP contribution in [0.1, 0.15) is 74.3 Å². The average Bonchev–Trinajstić information content (AvgIpc) is 3.49. The minimum atomic E-state index is -3.12. The number of alkyl halides is 2. The van der Waals surface area contributed by atoms with Gasteiger partial charge in [-0.05, 0) is 56.0 Å². The highest BCUT2D eigenvalue weighted by atomic mass is 19.3. The third kappa shape index (κ3) is 3.14. The lowest BCUT2D eigenvalue weighted by Crippen LogP contribution is -2.30. The third-order valence-electron chi connectivity index (χ3n) is 7.83. The van der Waals surface area contributed by atoms with Crippen molar-refractivity contribution >= 4 is 11.4 Å². The maximum absolute atomic E-state index is 13.6. The second-order valence-corrected chi connectivity index (χ2v) is 10.1. The molecule has 8 nitrogen and oxygen atoms in total. The molecule has 4 aromatic rings. The number of fused-ring (bicyclic) bond motifs is 10. The van der Waals surface area contributed by atoms with Gasteiger partial charge in [-0.1, -0.05) is 6.07 Å². The molecule has 0 saturated heterocycles. The van der Waals surface area contributed by atoms with Crippen LogP contribution >= 0.6 is 0 Å². The highest BCUT2D eigenvalue weighted by Crippen LogP contribution is 2.53. The number of carbonyl (C=O) groups is 1. The predicted octanol–water partition coefficient (Wildman–Crippen LogP) is 4.18. The molecule has 0 fully saturated rings. The summed E-state index contributed by atoms with van der Waals surface area (Å²) in [6, 6.07) is 7.21. The van der Waals surface area contributed by atoms with Crippen molar-refractivity contribution in [3.05, 3.63) is 76.5 Å². The van der Waals surface area contributed by atoms with Crippen molar-refractivity contribution in [1.82, 2.24) is 24.5 Å². The molecular weight excluding hydrogens is 478 g/mol. The smallest absolute Gasteiger partial charge is 0.387 e. The summed E-state index contributed by atoms with van der Waals surface area (Å²) in [7, 11) is 0. The second-order valence-electron chi connectivity index (χ2n) is 10.1. The minimum absolute atomic E-state index is 0.0220. The number of pyridine rings is 1. The monoisotopic (exact) mass is 505 g/mol. The van der Waals surface area contributed by atoms with Crippen molar-refractivity contribution in [2.45, 2.75) is 50.3 Å². The molecule has 4 heterocycles. The number of aryl methyl sites for hydroxylation is 1. The van der Waals surface area contributed by atoms with Gasteiger partial charge in [0.2, 0.25) is 0 Å². The molecule has 3 aliphatic rings. The van der Waals surface area contributed by atoms with E-state index in [2.05, 4.69) is 15.1 Å². The van der Waals surface area contributed by atoms with Crippen LogP contribution in [-0.2, 0) is 12.0 Å². The van der Waals surface area contributed by atoms with E-state index < -0.39 is 37.0 Å². The predicted molar refractivity (Wildman–Crippen MR) is 130 cm³/mol. The quantitative estimate of drug-likeness (QED) is 0.449. The van der Waals surface area contributed by atoms with E-state index in [0.29, 0.717) is 22.5 Å². The van der Waals surface area contributed by atoms with Crippen LogP contribution in [0, 0.1) is 0 Å². The van der Waals surface area contributed by atoms with Crippen molar-refractivity contribution < 1.29 is 22.4 Å². The van der Waals surface area contributed by atoms with Gasteiger partial charge in [-0.15, -0.1) is 0 Å². The molecule has 1 aliphatic heterocycles. The lowest BCUT2D eigenvalue weighted by atomic mass is 9.88. The number of rotatable bonds is 3. The summed E-state index contributed by atoms with van der Waals surface area (Å²) in [5.41, 5.74) is 11.2. The Morgan fingerprint density at radius 3 is 2.95 bits per heavy atom. The number of nitrogens with two attached hydrogens (primary N) is 1. The molecule has 1 aromatic carbocycles. The van der Waals surface area contributed by atoms with Gasteiger partial charge in [0.15, 0.2) is 0 Å². The van der Waals surface area contributed by atoms with Gasteiger partial charge in [-0.2, -0.15) is 13.9 Å². The summed E-state index contributed by atoms with van der Waals surface area (Å²) in [4.78, 5) is 23.6. The Morgan fingerprint density at radius 1 is 1.27 bits per heavy atom. The van der Waals surface area contributed by atoms with E-state index >= 15 is 0 Å². The summed E-state index contributed by atoms with van der Waals surface area (Å²) in [5.74, 6) is -1.55. The van der Waals surface area contributed by atoms with Crippen molar-refractivity contribution in [1.29, 1.82) is 0 Å².